The Morgan fingerprint density at radius 2 is 1.61 bits per heavy atom. The van der Waals surface area contributed by atoms with E-state index in [1.165, 1.54) is 16.7 Å². The van der Waals surface area contributed by atoms with Gasteiger partial charge >= 0.3 is 0 Å². The first-order valence-corrected chi connectivity index (χ1v) is 6.26. The molecule has 0 saturated carbocycles. The van der Waals surface area contributed by atoms with Crippen LogP contribution >= 0.6 is 0 Å². The standard InChI is InChI=1S/C16H20N2/c1-10-6-5-7-15(13(10)4)16(17)14-8-11(2)18-12(3)9-14/h5-9,16H,17H2,1-4H3. The molecule has 94 valence electrons. The van der Waals surface area contributed by atoms with Gasteiger partial charge in [-0.1, -0.05) is 18.2 Å². The molecule has 1 aromatic carbocycles. The van der Waals surface area contributed by atoms with Gasteiger partial charge in [-0.2, -0.15) is 0 Å². The summed E-state index contributed by atoms with van der Waals surface area (Å²) in [5, 5.41) is 0. The van der Waals surface area contributed by atoms with Crippen LogP contribution in [-0.4, -0.2) is 4.98 Å². The number of nitrogens with zero attached hydrogens (tertiary/aromatic N) is 1. The Morgan fingerprint density at radius 3 is 2.22 bits per heavy atom. The van der Waals surface area contributed by atoms with Crippen molar-refractivity contribution in [2.75, 3.05) is 0 Å². The van der Waals surface area contributed by atoms with Gasteiger partial charge in [-0.3, -0.25) is 4.98 Å². The second-order valence-corrected chi connectivity index (χ2v) is 4.95. The Labute approximate surface area is 109 Å². The van der Waals surface area contributed by atoms with E-state index in [0.717, 1.165) is 17.0 Å². The molecule has 1 heterocycles. The maximum absolute atomic E-state index is 6.40. The molecule has 0 aliphatic heterocycles. The molecule has 0 aliphatic carbocycles. The molecule has 1 unspecified atom stereocenters. The minimum atomic E-state index is -0.0784. The molecule has 1 aromatic heterocycles. The molecule has 0 bridgehead atoms. The highest BCUT2D eigenvalue weighted by Gasteiger charge is 2.13. The third-order valence-corrected chi connectivity index (χ3v) is 3.44. The first-order chi connectivity index (χ1) is 8.49. The maximum atomic E-state index is 6.40. The predicted molar refractivity (Wildman–Crippen MR) is 75.7 cm³/mol. The van der Waals surface area contributed by atoms with Gasteiger partial charge in [0.2, 0.25) is 0 Å². The number of pyridine rings is 1. The van der Waals surface area contributed by atoms with E-state index in [-0.39, 0.29) is 6.04 Å². The minimum Gasteiger partial charge on any atom is -0.320 e. The average molecular weight is 240 g/mol. The smallest absolute Gasteiger partial charge is 0.0555 e. The zero-order chi connectivity index (χ0) is 13.3. The summed E-state index contributed by atoms with van der Waals surface area (Å²) in [5.74, 6) is 0. The Hall–Kier alpha value is -1.67. The van der Waals surface area contributed by atoms with Crippen LogP contribution in [0.2, 0.25) is 0 Å². The van der Waals surface area contributed by atoms with Crippen LogP contribution in [0.15, 0.2) is 30.3 Å². The summed E-state index contributed by atoms with van der Waals surface area (Å²) in [6.45, 7) is 8.26. The van der Waals surface area contributed by atoms with Crippen molar-refractivity contribution in [3.05, 3.63) is 64.0 Å². The summed E-state index contributed by atoms with van der Waals surface area (Å²) in [5.41, 5.74) is 13.3. The van der Waals surface area contributed by atoms with Crippen molar-refractivity contribution in [3.8, 4) is 0 Å². The van der Waals surface area contributed by atoms with E-state index in [2.05, 4.69) is 49.2 Å². The molecule has 2 nitrogen and oxygen atoms in total. The molecule has 0 saturated heterocycles. The SMILES string of the molecule is Cc1cc(C(N)c2cccc(C)c2C)cc(C)n1. The first kappa shape index (κ1) is 12.8. The average Bonchev–Trinajstić information content (AvgIpc) is 2.30. The number of rotatable bonds is 2. The second-order valence-electron chi connectivity index (χ2n) is 4.95. The molecule has 2 N–H and O–H groups in total. The molecule has 1 atom stereocenters. The van der Waals surface area contributed by atoms with Crippen LogP contribution in [0.4, 0.5) is 0 Å². The monoisotopic (exact) mass is 240 g/mol. The largest absolute Gasteiger partial charge is 0.320 e. The highest BCUT2D eigenvalue weighted by atomic mass is 14.7. The van der Waals surface area contributed by atoms with Crippen molar-refractivity contribution >= 4 is 0 Å². The zero-order valence-corrected chi connectivity index (χ0v) is 11.5. The molecule has 0 radical (unpaired) electrons. The van der Waals surface area contributed by atoms with Crippen LogP contribution in [0.3, 0.4) is 0 Å². The summed E-state index contributed by atoms with van der Waals surface area (Å²) in [6.07, 6.45) is 0. The highest BCUT2D eigenvalue weighted by molar-refractivity contribution is 5.40. The van der Waals surface area contributed by atoms with Crippen molar-refractivity contribution in [1.82, 2.24) is 4.98 Å². The summed E-state index contributed by atoms with van der Waals surface area (Å²) in [7, 11) is 0. The fourth-order valence-electron chi connectivity index (χ4n) is 2.34. The number of nitrogens with two attached hydrogens (primary N) is 1. The van der Waals surface area contributed by atoms with E-state index < -0.39 is 0 Å². The maximum Gasteiger partial charge on any atom is 0.0555 e. The van der Waals surface area contributed by atoms with Crippen LogP contribution in [0.5, 0.6) is 0 Å². The molecule has 18 heavy (non-hydrogen) atoms. The topological polar surface area (TPSA) is 38.9 Å². The molecule has 0 amide bonds. The van der Waals surface area contributed by atoms with E-state index in [1.807, 2.05) is 13.8 Å². The number of hydrogen-bond donors (Lipinski definition) is 1. The molecule has 0 fully saturated rings. The summed E-state index contributed by atoms with van der Waals surface area (Å²) in [6, 6.07) is 10.4. The van der Waals surface area contributed by atoms with E-state index in [4.69, 9.17) is 5.73 Å². The molecular formula is C16H20N2. The van der Waals surface area contributed by atoms with Crippen molar-refractivity contribution in [2.45, 2.75) is 33.7 Å². The van der Waals surface area contributed by atoms with Crippen LogP contribution in [0, 0.1) is 27.7 Å². The molecule has 0 spiro atoms. The first-order valence-electron chi connectivity index (χ1n) is 6.26. The van der Waals surface area contributed by atoms with Crippen molar-refractivity contribution in [3.63, 3.8) is 0 Å². The normalized spacial score (nSPS) is 12.5. The number of aryl methyl sites for hydroxylation is 3. The quantitative estimate of drug-likeness (QED) is 0.874. The fraction of sp³-hybridized carbons (Fsp3) is 0.312. The van der Waals surface area contributed by atoms with Gasteiger partial charge in [0, 0.05) is 11.4 Å². The number of hydrogen-bond acceptors (Lipinski definition) is 2. The van der Waals surface area contributed by atoms with Crippen LogP contribution in [-0.2, 0) is 0 Å². The van der Waals surface area contributed by atoms with E-state index in [0.29, 0.717) is 0 Å². The Kier molecular flexibility index (Phi) is 3.48. The van der Waals surface area contributed by atoms with Gasteiger partial charge in [-0.25, -0.2) is 0 Å². The van der Waals surface area contributed by atoms with Gasteiger partial charge in [-0.05, 0) is 62.1 Å². The molecule has 2 aromatic rings. The fourth-order valence-corrected chi connectivity index (χ4v) is 2.34. The van der Waals surface area contributed by atoms with Crippen molar-refractivity contribution in [2.24, 2.45) is 5.73 Å². The third-order valence-electron chi connectivity index (χ3n) is 3.44. The number of benzene rings is 1. The van der Waals surface area contributed by atoms with E-state index in [1.54, 1.807) is 0 Å². The van der Waals surface area contributed by atoms with Crippen molar-refractivity contribution < 1.29 is 0 Å². The number of aromatic nitrogens is 1. The van der Waals surface area contributed by atoms with Gasteiger partial charge in [0.15, 0.2) is 0 Å². The summed E-state index contributed by atoms with van der Waals surface area (Å²) < 4.78 is 0. The Balaban J connectivity index is 2.47. The lowest BCUT2D eigenvalue weighted by molar-refractivity contribution is 0.848. The van der Waals surface area contributed by atoms with Crippen LogP contribution in [0.25, 0.3) is 0 Å². The minimum absolute atomic E-state index is 0.0784. The lowest BCUT2D eigenvalue weighted by Gasteiger charge is -2.17. The Bertz CT molecular complexity index is 553. The molecule has 0 aliphatic rings. The van der Waals surface area contributed by atoms with Gasteiger partial charge in [0.1, 0.15) is 0 Å². The zero-order valence-electron chi connectivity index (χ0n) is 11.5. The third kappa shape index (κ3) is 2.44. The lowest BCUT2D eigenvalue weighted by Crippen LogP contribution is -2.14. The van der Waals surface area contributed by atoms with Crippen molar-refractivity contribution in [1.29, 1.82) is 0 Å². The van der Waals surface area contributed by atoms with E-state index >= 15 is 0 Å². The Morgan fingerprint density at radius 1 is 1.00 bits per heavy atom. The summed E-state index contributed by atoms with van der Waals surface area (Å²) >= 11 is 0. The van der Waals surface area contributed by atoms with Gasteiger partial charge in [0.25, 0.3) is 0 Å². The van der Waals surface area contributed by atoms with Gasteiger partial charge in [0.05, 0.1) is 6.04 Å². The second kappa shape index (κ2) is 4.91. The lowest BCUT2D eigenvalue weighted by atomic mass is 9.93. The van der Waals surface area contributed by atoms with Gasteiger partial charge in [-0.15, -0.1) is 0 Å². The molecule has 2 rings (SSSR count). The van der Waals surface area contributed by atoms with Crippen LogP contribution < -0.4 is 5.73 Å². The van der Waals surface area contributed by atoms with Crippen LogP contribution in [0.1, 0.15) is 39.7 Å². The van der Waals surface area contributed by atoms with Gasteiger partial charge < -0.3 is 5.73 Å². The summed E-state index contributed by atoms with van der Waals surface area (Å²) in [4.78, 5) is 4.39. The highest BCUT2D eigenvalue weighted by Crippen LogP contribution is 2.25. The molecular weight excluding hydrogens is 220 g/mol. The van der Waals surface area contributed by atoms with E-state index in [9.17, 15) is 0 Å². The molecule has 2 heteroatoms. The predicted octanol–water partition coefficient (Wildman–Crippen LogP) is 3.36.